The van der Waals surface area contributed by atoms with Crippen LogP contribution in [0.5, 0.6) is 0 Å². The SMILES string of the molecule is O=C(NCC=Cc1ccc2ncsc2c1)OCc1ccccc1. The Bertz CT molecular complexity index is 812. The van der Waals surface area contributed by atoms with E-state index in [1.165, 1.54) is 0 Å². The summed E-state index contributed by atoms with van der Waals surface area (Å²) in [6.07, 6.45) is 3.44. The maximum absolute atomic E-state index is 11.6. The minimum absolute atomic E-state index is 0.276. The smallest absolute Gasteiger partial charge is 0.407 e. The highest BCUT2D eigenvalue weighted by atomic mass is 32.1. The van der Waals surface area contributed by atoms with Crippen molar-refractivity contribution in [2.24, 2.45) is 0 Å². The molecule has 1 aromatic heterocycles. The number of hydrogen-bond donors (Lipinski definition) is 1. The van der Waals surface area contributed by atoms with Crippen LogP contribution in [0, 0.1) is 0 Å². The van der Waals surface area contributed by atoms with E-state index in [0.29, 0.717) is 6.54 Å². The summed E-state index contributed by atoms with van der Waals surface area (Å²) in [7, 11) is 0. The van der Waals surface area contributed by atoms with Gasteiger partial charge in [0.05, 0.1) is 15.7 Å². The van der Waals surface area contributed by atoms with Crippen molar-refractivity contribution in [2.45, 2.75) is 6.61 Å². The molecule has 116 valence electrons. The molecule has 0 fully saturated rings. The van der Waals surface area contributed by atoms with Crippen LogP contribution in [0.15, 0.2) is 60.1 Å². The van der Waals surface area contributed by atoms with E-state index in [2.05, 4.69) is 16.4 Å². The van der Waals surface area contributed by atoms with Gasteiger partial charge in [-0.15, -0.1) is 11.3 Å². The van der Waals surface area contributed by atoms with Gasteiger partial charge in [0, 0.05) is 6.54 Å². The molecule has 0 bridgehead atoms. The molecule has 23 heavy (non-hydrogen) atoms. The Hall–Kier alpha value is -2.66. The first-order valence-corrected chi connectivity index (χ1v) is 8.13. The summed E-state index contributed by atoms with van der Waals surface area (Å²) in [4.78, 5) is 15.8. The summed E-state index contributed by atoms with van der Waals surface area (Å²) in [5.74, 6) is 0. The van der Waals surface area contributed by atoms with Crippen molar-refractivity contribution in [2.75, 3.05) is 6.54 Å². The molecule has 0 unspecified atom stereocenters. The minimum atomic E-state index is -0.420. The van der Waals surface area contributed by atoms with Crippen LogP contribution in [0.4, 0.5) is 4.79 Å². The van der Waals surface area contributed by atoms with E-state index in [-0.39, 0.29) is 6.61 Å². The fourth-order valence-corrected chi connectivity index (χ4v) is 2.81. The molecule has 0 aliphatic rings. The van der Waals surface area contributed by atoms with E-state index >= 15 is 0 Å². The molecule has 0 radical (unpaired) electrons. The minimum Gasteiger partial charge on any atom is -0.445 e. The summed E-state index contributed by atoms with van der Waals surface area (Å²) >= 11 is 1.62. The van der Waals surface area contributed by atoms with Crippen LogP contribution in [0.3, 0.4) is 0 Å². The first-order chi connectivity index (χ1) is 11.3. The summed E-state index contributed by atoms with van der Waals surface area (Å²) in [5, 5.41) is 2.70. The van der Waals surface area contributed by atoms with Crippen LogP contribution in [-0.2, 0) is 11.3 Å². The number of amides is 1. The fraction of sp³-hybridized carbons (Fsp3) is 0.111. The molecule has 3 rings (SSSR count). The molecule has 3 aromatic rings. The number of rotatable bonds is 5. The van der Waals surface area contributed by atoms with Gasteiger partial charge in [-0.2, -0.15) is 0 Å². The molecule has 1 amide bonds. The predicted molar refractivity (Wildman–Crippen MR) is 93.3 cm³/mol. The largest absolute Gasteiger partial charge is 0.445 e. The maximum atomic E-state index is 11.6. The van der Waals surface area contributed by atoms with E-state index in [9.17, 15) is 4.79 Å². The van der Waals surface area contributed by atoms with Crippen molar-refractivity contribution < 1.29 is 9.53 Å². The molecule has 0 aliphatic carbocycles. The fourth-order valence-electron chi connectivity index (χ4n) is 2.09. The molecule has 0 saturated heterocycles. The van der Waals surface area contributed by atoms with Gasteiger partial charge in [0.1, 0.15) is 6.61 Å². The van der Waals surface area contributed by atoms with E-state index in [1.54, 1.807) is 11.3 Å². The standard InChI is InChI=1S/C18H16N2O2S/c21-18(22-12-15-5-2-1-3-6-15)19-10-4-7-14-8-9-16-17(11-14)23-13-20-16/h1-9,11,13H,10,12H2,(H,19,21). The van der Waals surface area contributed by atoms with Gasteiger partial charge in [0.25, 0.3) is 0 Å². The third-order valence-electron chi connectivity index (χ3n) is 3.24. The van der Waals surface area contributed by atoms with Gasteiger partial charge >= 0.3 is 6.09 Å². The molecule has 0 atom stereocenters. The monoisotopic (exact) mass is 324 g/mol. The van der Waals surface area contributed by atoms with Crippen molar-refractivity contribution in [3.8, 4) is 0 Å². The molecule has 4 nitrogen and oxygen atoms in total. The number of carbonyl (C=O) groups is 1. The molecule has 1 heterocycles. The number of nitrogens with zero attached hydrogens (tertiary/aromatic N) is 1. The second kappa shape index (κ2) is 7.56. The Balaban J connectivity index is 1.44. The number of fused-ring (bicyclic) bond motifs is 1. The van der Waals surface area contributed by atoms with Gasteiger partial charge in [-0.3, -0.25) is 0 Å². The maximum Gasteiger partial charge on any atom is 0.407 e. The number of carbonyl (C=O) groups excluding carboxylic acids is 1. The van der Waals surface area contributed by atoms with Crippen LogP contribution >= 0.6 is 11.3 Å². The van der Waals surface area contributed by atoms with Crippen molar-refractivity contribution >= 4 is 33.7 Å². The lowest BCUT2D eigenvalue weighted by Gasteiger charge is -2.05. The molecule has 2 aromatic carbocycles. The first-order valence-electron chi connectivity index (χ1n) is 7.25. The second-order valence-electron chi connectivity index (χ2n) is 4.92. The molecule has 0 spiro atoms. The average Bonchev–Trinajstić information content (AvgIpc) is 3.05. The Morgan fingerprint density at radius 1 is 1.22 bits per heavy atom. The van der Waals surface area contributed by atoms with Crippen molar-refractivity contribution in [3.63, 3.8) is 0 Å². The Morgan fingerprint density at radius 3 is 2.96 bits per heavy atom. The number of thiazole rings is 1. The highest BCUT2D eigenvalue weighted by Crippen LogP contribution is 2.19. The summed E-state index contributed by atoms with van der Waals surface area (Å²) in [6.45, 7) is 0.701. The lowest BCUT2D eigenvalue weighted by atomic mass is 10.2. The number of ether oxygens (including phenoxy) is 1. The van der Waals surface area contributed by atoms with Gasteiger partial charge in [-0.25, -0.2) is 9.78 Å². The number of benzene rings is 2. The van der Waals surface area contributed by atoms with Crippen LogP contribution in [0.1, 0.15) is 11.1 Å². The average molecular weight is 324 g/mol. The quantitative estimate of drug-likeness (QED) is 0.764. The third-order valence-corrected chi connectivity index (χ3v) is 4.03. The number of nitrogens with one attached hydrogen (secondary N) is 1. The third kappa shape index (κ3) is 4.40. The zero-order valence-corrected chi connectivity index (χ0v) is 13.3. The van der Waals surface area contributed by atoms with Crippen LogP contribution < -0.4 is 5.32 Å². The van der Waals surface area contributed by atoms with Crippen molar-refractivity contribution in [1.29, 1.82) is 0 Å². The number of hydrogen-bond acceptors (Lipinski definition) is 4. The highest BCUT2D eigenvalue weighted by Gasteiger charge is 2.00. The molecule has 1 N–H and O–H groups in total. The van der Waals surface area contributed by atoms with Gasteiger partial charge in [-0.1, -0.05) is 48.6 Å². The van der Waals surface area contributed by atoms with Crippen LogP contribution in [0.2, 0.25) is 0 Å². The molecular weight excluding hydrogens is 308 g/mol. The second-order valence-corrected chi connectivity index (χ2v) is 5.81. The van der Waals surface area contributed by atoms with E-state index < -0.39 is 6.09 Å². The van der Waals surface area contributed by atoms with Crippen LogP contribution in [-0.4, -0.2) is 17.6 Å². The van der Waals surface area contributed by atoms with E-state index in [0.717, 1.165) is 21.3 Å². The van der Waals surface area contributed by atoms with Gasteiger partial charge in [0.15, 0.2) is 0 Å². The zero-order valence-electron chi connectivity index (χ0n) is 12.4. The normalized spacial score (nSPS) is 11.0. The van der Waals surface area contributed by atoms with Crippen molar-refractivity contribution in [3.05, 3.63) is 71.2 Å². The summed E-state index contributed by atoms with van der Waals surface area (Å²) < 4.78 is 6.29. The molecular formula is C18H16N2O2S. The number of aromatic nitrogens is 1. The molecule has 5 heteroatoms. The van der Waals surface area contributed by atoms with Gasteiger partial charge in [0.2, 0.25) is 0 Å². The predicted octanol–water partition coefficient (Wildman–Crippen LogP) is 4.24. The highest BCUT2D eigenvalue weighted by molar-refractivity contribution is 7.16. The lowest BCUT2D eigenvalue weighted by Crippen LogP contribution is -2.24. The lowest BCUT2D eigenvalue weighted by molar-refractivity contribution is 0.141. The number of alkyl carbamates (subject to hydrolysis) is 1. The van der Waals surface area contributed by atoms with E-state index in [1.807, 2.05) is 60.1 Å². The molecule has 0 saturated carbocycles. The van der Waals surface area contributed by atoms with Crippen molar-refractivity contribution in [1.82, 2.24) is 10.3 Å². The first kappa shape index (κ1) is 15.2. The van der Waals surface area contributed by atoms with Gasteiger partial charge < -0.3 is 10.1 Å². The summed E-state index contributed by atoms with van der Waals surface area (Å²) in [6, 6.07) is 15.7. The Labute approximate surface area is 138 Å². The Morgan fingerprint density at radius 2 is 2.09 bits per heavy atom. The topological polar surface area (TPSA) is 51.2 Å². The summed E-state index contributed by atoms with van der Waals surface area (Å²) in [5.41, 5.74) is 4.90. The van der Waals surface area contributed by atoms with Crippen LogP contribution in [0.25, 0.3) is 16.3 Å². The molecule has 0 aliphatic heterocycles. The Kier molecular flexibility index (Phi) is 5.01. The van der Waals surface area contributed by atoms with Gasteiger partial charge in [-0.05, 0) is 23.3 Å². The zero-order chi connectivity index (χ0) is 15.9. The van der Waals surface area contributed by atoms with E-state index in [4.69, 9.17) is 4.74 Å².